The van der Waals surface area contributed by atoms with E-state index in [9.17, 15) is 4.79 Å². The zero-order valence-corrected chi connectivity index (χ0v) is 15.4. The number of hydrogen-bond donors (Lipinski definition) is 1. The van der Waals surface area contributed by atoms with Crippen LogP contribution in [0.5, 0.6) is 11.5 Å². The van der Waals surface area contributed by atoms with Crippen molar-refractivity contribution in [3.8, 4) is 22.9 Å². The molecule has 1 heterocycles. The molecule has 0 aliphatic carbocycles. The summed E-state index contributed by atoms with van der Waals surface area (Å²) in [7, 11) is 1.61. The Hall–Kier alpha value is -3.06. The molecule has 1 aromatic heterocycles. The van der Waals surface area contributed by atoms with Crippen molar-refractivity contribution >= 4 is 17.5 Å². The SMILES string of the molecule is COc1ccc(-c2noc(CCNC(=O)COc3ccccc3Cl)n2)cc1. The van der Waals surface area contributed by atoms with Crippen LogP contribution in [0.25, 0.3) is 11.4 Å². The minimum atomic E-state index is -0.259. The number of benzene rings is 2. The molecule has 0 saturated heterocycles. The fourth-order valence-electron chi connectivity index (χ4n) is 2.28. The Kier molecular flexibility index (Phi) is 6.27. The smallest absolute Gasteiger partial charge is 0.257 e. The van der Waals surface area contributed by atoms with Gasteiger partial charge in [-0.2, -0.15) is 4.98 Å². The van der Waals surface area contributed by atoms with Crippen molar-refractivity contribution in [3.63, 3.8) is 0 Å². The number of aromatic nitrogens is 2. The summed E-state index contributed by atoms with van der Waals surface area (Å²) in [4.78, 5) is 16.2. The molecule has 1 N–H and O–H groups in total. The molecule has 0 aliphatic heterocycles. The van der Waals surface area contributed by atoms with Crippen LogP contribution in [0.15, 0.2) is 53.1 Å². The Morgan fingerprint density at radius 1 is 1.19 bits per heavy atom. The van der Waals surface area contributed by atoms with Crippen molar-refractivity contribution in [2.24, 2.45) is 0 Å². The fraction of sp³-hybridized carbons (Fsp3) is 0.211. The molecule has 3 aromatic rings. The summed E-state index contributed by atoms with van der Waals surface area (Å²) in [6.45, 7) is 0.236. The first-order chi connectivity index (χ1) is 13.2. The van der Waals surface area contributed by atoms with Gasteiger partial charge in [-0.15, -0.1) is 0 Å². The van der Waals surface area contributed by atoms with Crippen LogP contribution in [-0.4, -0.2) is 36.3 Å². The quantitative estimate of drug-likeness (QED) is 0.639. The highest BCUT2D eigenvalue weighted by atomic mass is 35.5. The van der Waals surface area contributed by atoms with E-state index in [2.05, 4.69) is 15.5 Å². The van der Waals surface area contributed by atoms with E-state index in [0.29, 0.717) is 35.5 Å². The van der Waals surface area contributed by atoms with Crippen LogP contribution in [-0.2, 0) is 11.2 Å². The number of nitrogens with one attached hydrogen (secondary N) is 1. The van der Waals surface area contributed by atoms with Gasteiger partial charge in [-0.05, 0) is 36.4 Å². The van der Waals surface area contributed by atoms with Crippen molar-refractivity contribution in [1.29, 1.82) is 0 Å². The number of carbonyl (C=O) groups excluding carboxylic acids is 1. The van der Waals surface area contributed by atoms with Crippen molar-refractivity contribution in [2.75, 3.05) is 20.3 Å². The van der Waals surface area contributed by atoms with Crippen LogP contribution in [0.1, 0.15) is 5.89 Å². The minimum absolute atomic E-state index is 0.120. The third kappa shape index (κ3) is 5.21. The summed E-state index contributed by atoms with van der Waals surface area (Å²) in [5.74, 6) is 1.89. The van der Waals surface area contributed by atoms with Gasteiger partial charge in [0.1, 0.15) is 11.5 Å². The molecule has 3 rings (SSSR count). The summed E-state index contributed by atoms with van der Waals surface area (Å²) in [6, 6.07) is 14.3. The maximum atomic E-state index is 11.8. The van der Waals surface area contributed by atoms with Crippen molar-refractivity contribution in [1.82, 2.24) is 15.5 Å². The molecule has 0 fully saturated rings. The minimum Gasteiger partial charge on any atom is -0.497 e. The number of para-hydroxylation sites is 1. The van der Waals surface area contributed by atoms with Gasteiger partial charge >= 0.3 is 0 Å². The lowest BCUT2D eigenvalue weighted by Gasteiger charge is -2.07. The molecule has 1 amide bonds. The van der Waals surface area contributed by atoms with Gasteiger partial charge in [-0.25, -0.2) is 0 Å². The predicted octanol–water partition coefficient (Wildman–Crippen LogP) is 3.14. The molecule has 0 unspecified atom stereocenters. The number of ether oxygens (including phenoxy) is 2. The van der Waals surface area contributed by atoms with Crippen LogP contribution in [0.4, 0.5) is 0 Å². The number of hydrogen-bond acceptors (Lipinski definition) is 6. The predicted molar refractivity (Wildman–Crippen MR) is 99.9 cm³/mol. The number of halogens is 1. The molecular weight excluding hydrogens is 370 g/mol. The maximum Gasteiger partial charge on any atom is 0.257 e. The van der Waals surface area contributed by atoms with E-state index in [4.69, 9.17) is 25.6 Å². The average Bonchev–Trinajstić information content (AvgIpc) is 3.16. The Morgan fingerprint density at radius 3 is 2.70 bits per heavy atom. The molecule has 8 heteroatoms. The van der Waals surface area contributed by atoms with E-state index >= 15 is 0 Å². The van der Waals surface area contributed by atoms with E-state index in [1.54, 1.807) is 31.4 Å². The summed E-state index contributed by atoms with van der Waals surface area (Å²) in [6.07, 6.45) is 0.418. The number of rotatable bonds is 8. The van der Waals surface area contributed by atoms with Crippen molar-refractivity contribution < 1.29 is 18.8 Å². The second-order valence-corrected chi connectivity index (χ2v) is 5.97. The molecule has 140 valence electrons. The molecule has 0 atom stereocenters. The van der Waals surface area contributed by atoms with Crippen LogP contribution in [0.2, 0.25) is 5.02 Å². The second kappa shape index (κ2) is 9.05. The third-order valence-corrected chi connectivity index (χ3v) is 3.99. The van der Waals surface area contributed by atoms with Gasteiger partial charge in [-0.1, -0.05) is 28.9 Å². The third-order valence-electron chi connectivity index (χ3n) is 3.67. The lowest BCUT2D eigenvalue weighted by atomic mass is 10.2. The summed E-state index contributed by atoms with van der Waals surface area (Å²) in [5, 5.41) is 7.14. The number of carbonyl (C=O) groups is 1. The molecule has 0 saturated carbocycles. The summed E-state index contributed by atoms with van der Waals surface area (Å²) >= 11 is 5.97. The van der Waals surface area contributed by atoms with Gasteiger partial charge in [0.25, 0.3) is 5.91 Å². The maximum absolute atomic E-state index is 11.8. The van der Waals surface area contributed by atoms with Crippen LogP contribution >= 0.6 is 11.6 Å². The van der Waals surface area contributed by atoms with Gasteiger partial charge in [0, 0.05) is 18.5 Å². The van der Waals surface area contributed by atoms with Gasteiger partial charge in [0.2, 0.25) is 11.7 Å². The van der Waals surface area contributed by atoms with E-state index < -0.39 is 0 Å². The highest BCUT2D eigenvalue weighted by Gasteiger charge is 2.10. The first-order valence-electron chi connectivity index (χ1n) is 8.27. The standard InChI is InChI=1S/C19H18ClN3O4/c1-25-14-8-6-13(7-9-14)19-22-18(27-23-19)10-11-21-17(24)12-26-16-5-3-2-4-15(16)20/h2-9H,10-12H2,1H3,(H,21,24). The van der Waals surface area contributed by atoms with Crippen molar-refractivity contribution in [3.05, 3.63) is 59.4 Å². The topological polar surface area (TPSA) is 86.5 Å². The lowest BCUT2D eigenvalue weighted by molar-refractivity contribution is -0.123. The first-order valence-corrected chi connectivity index (χ1v) is 8.64. The van der Waals surface area contributed by atoms with Gasteiger partial charge < -0.3 is 19.3 Å². The molecule has 7 nitrogen and oxygen atoms in total. The lowest BCUT2D eigenvalue weighted by Crippen LogP contribution is -2.30. The summed E-state index contributed by atoms with van der Waals surface area (Å²) < 4.78 is 15.7. The van der Waals surface area contributed by atoms with Gasteiger partial charge in [0.05, 0.1) is 12.1 Å². The molecular formula is C19H18ClN3O4. The zero-order valence-electron chi connectivity index (χ0n) is 14.6. The Labute approximate surface area is 161 Å². The Morgan fingerprint density at radius 2 is 1.96 bits per heavy atom. The Bertz CT molecular complexity index is 896. The Balaban J connectivity index is 1.44. The van der Waals surface area contributed by atoms with E-state index in [0.717, 1.165) is 11.3 Å². The van der Waals surface area contributed by atoms with E-state index in [-0.39, 0.29) is 12.5 Å². The number of amides is 1. The molecule has 0 radical (unpaired) electrons. The number of nitrogens with zero attached hydrogens (tertiary/aromatic N) is 2. The molecule has 0 bridgehead atoms. The second-order valence-electron chi connectivity index (χ2n) is 5.56. The molecule has 2 aromatic carbocycles. The number of methoxy groups -OCH3 is 1. The van der Waals surface area contributed by atoms with Gasteiger partial charge in [0.15, 0.2) is 6.61 Å². The normalized spacial score (nSPS) is 10.4. The van der Waals surface area contributed by atoms with E-state index in [1.165, 1.54) is 0 Å². The fourth-order valence-corrected chi connectivity index (χ4v) is 2.47. The zero-order chi connectivity index (χ0) is 19.1. The van der Waals surface area contributed by atoms with Crippen molar-refractivity contribution in [2.45, 2.75) is 6.42 Å². The van der Waals surface area contributed by atoms with Gasteiger partial charge in [-0.3, -0.25) is 4.79 Å². The first kappa shape index (κ1) is 18.7. The highest BCUT2D eigenvalue weighted by molar-refractivity contribution is 6.32. The van der Waals surface area contributed by atoms with Crippen LogP contribution < -0.4 is 14.8 Å². The molecule has 0 aliphatic rings. The van der Waals surface area contributed by atoms with E-state index in [1.807, 2.05) is 24.3 Å². The largest absolute Gasteiger partial charge is 0.497 e. The average molecular weight is 388 g/mol. The van der Waals surface area contributed by atoms with Crippen LogP contribution in [0, 0.1) is 0 Å². The van der Waals surface area contributed by atoms with Crippen LogP contribution in [0.3, 0.4) is 0 Å². The molecule has 27 heavy (non-hydrogen) atoms. The monoisotopic (exact) mass is 387 g/mol. The summed E-state index contributed by atoms with van der Waals surface area (Å²) in [5.41, 5.74) is 0.822. The molecule has 0 spiro atoms. The highest BCUT2D eigenvalue weighted by Crippen LogP contribution is 2.23.